The van der Waals surface area contributed by atoms with Gasteiger partial charge in [-0.15, -0.1) is 0 Å². The summed E-state index contributed by atoms with van der Waals surface area (Å²) in [5, 5.41) is 3.48. The highest BCUT2D eigenvalue weighted by atomic mass is 14.9. The maximum Gasteiger partial charge on any atom is 0.00103 e. The molecule has 1 aromatic rings. The largest absolute Gasteiger partial charge is 0.315 e. The SMILES string of the molecule is Cc1ccc(CC(C)CCNC(C)C)cc1C. The summed E-state index contributed by atoms with van der Waals surface area (Å²) in [4.78, 5) is 0. The van der Waals surface area contributed by atoms with Gasteiger partial charge in [0.25, 0.3) is 0 Å². The van der Waals surface area contributed by atoms with E-state index in [-0.39, 0.29) is 0 Å². The van der Waals surface area contributed by atoms with Gasteiger partial charge < -0.3 is 5.32 Å². The fourth-order valence-corrected chi connectivity index (χ4v) is 2.05. The summed E-state index contributed by atoms with van der Waals surface area (Å²) in [5.74, 6) is 0.753. The first-order chi connectivity index (χ1) is 7.99. The Morgan fingerprint density at radius 3 is 2.35 bits per heavy atom. The van der Waals surface area contributed by atoms with Crippen LogP contribution in [0.5, 0.6) is 0 Å². The molecule has 0 aliphatic carbocycles. The first-order valence-corrected chi connectivity index (χ1v) is 6.78. The highest BCUT2D eigenvalue weighted by Gasteiger charge is 2.05. The lowest BCUT2D eigenvalue weighted by atomic mass is 9.95. The van der Waals surface area contributed by atoms with E-state index in [9.17, 15) is 0 Å². The van der Waals surface area contributed by atoms with E-state index < -0.39 is 0 Å². The van der Waals surface area contributed by atoms with Crippen molar-refractivity contribution in [2.75, 3.05) is 6.54 Å². The van der Waals surface area contributed by atoms with Crippen LogP contribution in [-0.2, 0) is 6.42 Å². The molecule has 1 unspecified atom stereocenters. The first-order valence-electron chi connectivity index (χ1n) is 6.78. The van der Waals surface area contributed by atoms with Gasteiger partial charge in [-0.2, -0.15) is 0 Å². The number of hydrogen-bond donors (Lipinski definition) is 1. The van der Waals surface area contributed by atoms with E-state index in [0.717, 1.165) is 12.5 Å². The van der Waals surface area contributed by atoms with Gasteiger partial charge >= 0.3 is 0 Å². The molecule has 0 amide bonds. The second kappa shape index (κ2) is 6.80. The number of nitrogens with one attached hydrogen (secondary N) is 1. The van der Waals surface area contributed by atoms with Gasteiger partial charge in [0.15, 0.2) is 0 Å². The molecule has 1 nitrogen and oxygen atoms in total. The van der Waals surface area contributed by atoms with Crippen molar-refractivity contribution in [1.82, 2.24) is 5.32 Å². The van der Waals surface area contributed by atoms with Crippen molar-refractivity contribution >= 4 is 0 Å². The molecular weight excluding hydrogens is 206 g/mol. The molecule has 0 radical (unpaired) electrons. The molecule has 0 saturated heterocycles. The zero-order valence-electron chi connectivity index (χ0n) is 12.0. The zero-order valence-corrected chi connectivity index (χ0v) is 12.0. The molecule has 17 heavy (non-hydrogen) atoms. The summed E-state index contributed by atoms with van der Waals surface area (Å²) >= 11 is 0. The Morgan fingerprint density at radius 2 is 1.76 bits per heavy atom. The molecule has 0 fully saturated rings. The second-order valence-corrected chi connectivity index (χ2v) is 5.63. The molecule has 1 heteroatoms. The molecule has 1 atom stereocenters. The summed E-state index contributed by atoms with van der Waals surface area (Å²) < 4.78 is 0. The Balaban J connectivity index is 2.39. The Kier molecular flexibility index (Phi) is 5.70. The maximum atomic E-state index is 3.48. The Hall–Kier alpha value is -0.820. The average molecular weight is 233 g/mol. The van der Waals surface area contributed by atoms with Crippen LogP contribution in [0.4, 0.5) is 0 Å². The monoisotopic (exact) mass is 233 g/mol. The van der Waals surface area contributed by atoms with E-state index in [1.807, 2.05) is 0 Å². The van der Waals surface area contributed by atoms with Crippen LogP contribution in [0, 0.1) is 19.8 Å². The van der Waals surface area contributed by atoms with Crippen molar-refractivity contribution < 1.29 is 0 Å². The van der Waals surface area contributed by atoms with E-state index >= 15 is 0 Å². The molecule has 96 valence electrons. The van der Waals surface area contributed by atoms with E-state index in [1.54, 1.807) is 0 Å². The minimum atomic E-state index is 0.601. The van der Waals surface area contributed by atoms with Gasteiger partial charge in [0, 0.05) is 6.04 Å². The summed E-state index contributed by atoms with van der Waals surface area (Å²) in [6.45, 7) is 12.3. The van der Waals surface area contributed by atoms with E-state index in [2.05, 4.69) is 58.1 Å². The maximum absolute atomic E-state index is 3.48. The third-order valence-corrected chi connectivity index (χ3v) is 3.35. The van der Waals surface area contributed by atoms with Crippen molar-refractivity contribution in [1.29, 1.82) is 0 Å². The van der Waals surface area contributed by atoms with Crippen molar-refractivity contribution in [2.24, 2.45) is 5.92 Å². The molecule has 0 heterocycles. The van der Waals surface area contributed by atoms with E-state index in [0.29, 0.717) is 6.04 Å². The van der Waals surface area contributed by atoms with Crippen LogP contribution >= 0.6 is 0 Å². The predicted molar refractivity (Wildman–Crippen MR) is 76.5 cm³/mol. The molecule has 0 spiro atoms. The van der Waals surface area contributed by atoms with Crippen LogP contribution < -0.4 is 5.32 Å². The quantitative estimate of drug-likeness (QED) is 0.786. The molecule has 0 bridgehead atoms. The van der Waals surface area contributed by atoms with Crippen molar-refractivity contribution in [3.8, 4) is 0 Å². The third-order valence-electron chi connectivity index (χ3n) is 3.35. The van der Waals surface area contributed by atoms with Crippen LogP contribution in [0.3, 0.4) is 0 Å². The van der Waals surface area contributed by atoms with Crippen LogP contribution in [0.1, 0.15) is 43.9 Å². The molecule has 1 aromatic carbocycles. The van der Waals surface area contributed by atoms with Crippen molar-refractivity contribution in [3.05, 3.63) is 34.9 Å². The van der Waals surface area contributed by atoms with E-state index in [4.69, 9.17) is 0 Å². The number of benzene rings is 1. The van der Waals surface area contributed by atoms with E-state index in [1.165, 1.54) is 29.5 Å². The number of hydrogen-bond acceptors (Lipinski definition) is 1. The molecule has 0 aliphatic heterocycles. The smallest absolute Gasteiger partial charge is 0.00103 e. The molecule has 1 rings (SSSR count). The zero-order chi connectivity index (χ0) is 12.8. The predicted octanol–water partition coefficient (Wildman–Crippen LogP) is 3.87. The fraction of sp³-hybridized carbons (Fsp3) is 0.625. The summed E-state index contributed by atoms with van der Waals surface area (Å²) in [5.41, 5.74) is 4.28. The number of aryl methyl sites for hydroxylation is 2. The Bertz CT molecular complexity index is 341. The Labute approximate surface area is 107 Å². The first kappa shape index (κ1) is 14.2. The molecular formula is C16H27N. The van der Waals surface area contributed by atoms with Gasteiger partial charge in [-0.05, 0) is 55.8 Å². The van der Waals surface area contributed by atoms with Crippen LogP contribution in [-0.4, -0.2) is 12.6 Å². The normalized spacial score (nSPS) is 13.1. The summed E-state index contributed by atoms with van der Waals surface area (Å²) in [6, 6.07) is 7.45. The third kappa shape index (κ3) is 5.36. The Morgan fingerprint density at radius 1 is 1.06 bits per heavy atom. The average Bonchev–Trinajstić information content (AvgIpc) is 2.23. The van der Waals surface area contributed by atoms with Gasteiger partial charge in [0.2, 0.25) is 0 Å². The van der Waals surface area contributed by atoms with Crippen LogP contribution in [0.2, 0.25) is 0 Å². The second-order valence-electron chi connectivity index (χ2n) is 5.63. The van der Waals surface area contributed by atoms with Gasteiger partial charge in [0.05, 0.1) is 0 Å². The highest BCUT2D eigenvalue weighted by Crippen LogP contribution is 2.15. The van der Waals surface area contributed by atoms with Crippen molar-refractivity contribution in [3.63, 3.8) is 0 Å². The lowest BCUT2D eigenvalue weighted by Gasteiger charge is -2.14. The summed E-state index contributed by atoms with van der Waals surface area (Å²) in [6.07, 6.45) is 2.45. The number of rotatable bonds is 6. The van der Waals surface area contributed by atoms with Gasteiger partial charge in [-0.25, -0.2) is 0 Å². The van der Waals surface area contributed by atoms with Gasteiger partial charge in [-0.3, -0.25) is 0 Å². The van der Waals surface area contributed by atoms with Crippen molar-refractivity contribution in [2.45, 2.75) is 53.5 Å². The fourth-order valence-electron chi connectivity index (χ4n) is 2.05. The van der Waals surface area contributed by atoms with Crippen LogP contribution in [0.25, 0.3) is 0 Å². The van der Waals surface area contributed by atoms with Gasteiger partial charge in [-0.1, -0.05) is 39.0 Å². The lowest BCUT2D eigenvalue weighted by Crippen LogP contribution is -2.25. The molecule has 0 aromatic heterocycles. The molecule has 0 aliphatic rings. The van der Waals surface area contributed by atoms with Crippen LogP contribution in [0.15, 0.2) is 18.2 Å². The topological polar surface area (TPSA) is 12.0 Å². The van der Waals surface area contributed by atoms with Gasteiger partial charge in [0.1, 0.15) is 0 Å². The lowest BCUT2D eigenvalue weighted by molar-refractivity contribution is 0.476. The minimum absolute atomic E-state index is 0.601. The summed E-state index contributed by atoms with van der Waals surface area (Å²) in [7, 11) is 0. The highest BCUT2D eigenvalue weighted by molar-refractivity contribution is 5.30. The molecule has 1 N–H and O–H groups in total. The molecule has 0 saturated carbocycles. The minimum Gasteiger partial charge on any atom is -0.315 e. The standard InChI is InChI=1S/C16H27N/c1-12(2)17-9-8-13(3)10-16-7-6-14(4)15(5)11-16/h6-7,11-13,17H,8-10H2,1-5H3.